The Morgan fingerprint density at radius 3 is 2.58 bits per heavy atom. The van der Waals surface area contributed by atoms with Crippen LogP contribution in [0.2, 0.25) is 0 Å². The van der Waals surface area contributed by atoms with Crippen molar-refractivity contribution in [3.8, 4) is 0 Å². The van der Waals surface area contributed by atoms with E-state index in [1.54, 1.807) is 11.7 Å². The van der Waals surface area contributed by atoms with E-state index in [9.17, 15) is 4.79 Å². The van der Waals surface area contributed by atoms with Crippen molar-refractivity contribution in [2.24, 2.45) is 7.05 Å². The molecule has 0 bridgehead atoms. The van der Waals surface area contributed by atoms with Crippen LogP contribution < -0.4 is 11.1 Å². The topological polar surface area (TPSA) is 72.9 Å². The van der Waals surface area contributed by atoms with E-state index in [-0.39, 0.29) is 11.4 Å². The van der Waals surface area contributed by atoms with Crippen molar-refractivity contribution in [3.05, 3.63) is 11.4 Å². The van der Waals surface area contributed by atoms with Gasteiger partial charge in [0.05, 0.1) is 11.4 Å². The average Bonchev–Trinajstić information content (AvgIpc) is 2.64. The molecule has 1 fully saturated rings. The van der Waals surface area contributed by atoms with Gasteiger partial charge in [-0.3, -0.25) is 9.48 Å². The molecule has 1 amide bonds. The van der Waals surface area contributed by atoms with Gasteiger partial charge in [-0.25, -0.2) is 0 Å². The van der Waals surface area contributed by atoms with E-state index in [4.69, 9.17) is 5.73 Å². The van der Waals surface area contributed by atoms with Crippen molar-refractivity contribution in [3.63, 3.8) is 0 Å². The maximum Gasteiger partial charge on any atom is 0.272 e. The van der Waals surface area contributed by atoms with E-state index in [0.29, 0.717) is 11.4 Å². The van der Waals surface area contributed by atoms with Crippen molar-refractivity contribution in [1.82, 2.24) is 15.1 Å². The Labute approximate surface area is 114 Å². The molecule has 5 nitrogen and oxygen atoms in total. The molecule has 0 radical (unpaired) electrons. The Morgan fingerprint density at radius 1 is 1.42 bits per heavy atom. The van der Waals surface area contributed by atoms with E-state index in [0.717, 1.165) is 25.0 Å². The molecule has 1 heterocycles. The number of rotatable bonds is 3. The third-order valence-electron chi connectivity index (χ3n) is 4.08. The highest BCUT2D eigenvalue weighted by molar-refractivity contribution is 5.98. The Balaban J connectivity index is 2.18. The number of nitrogens with two attached hydrogens (primary N) is 1. The highest BCUT2D eigenvalue weighted by atomic mass is 16.2. The zero-order valence-corrected chi connectivity index (χ0v) is 12.1. The van der Waals surface area contributed by atoms with E-state index in [2.05, 4.69) is 17.3 Å². The van der Waals surface area contributed by atoms with Crippen molar-refractivity contribution in [2.75, 3.05) is 5.73 Å². The largest absolute Gasteiger partial charge is 0.395 e. The molecule has 0 atom stereocenters. The van der Waals surface area contributed by atoms with Crippen LogP contribution in [0.3, 0.4) is 0 Å². The summed E-state index contributed by atoms with van der Waals surface area (Å²) in [6.45, 7) is 4.11. The number of aryl methyl sites for hydroxylation is 2. The van der Waals surface area contributed by atoms with Crippen molar-refractivity contribution >= 4 is 11.6 Å². The fourth-order valence-corrected chi connectivity index (χ4v) is 2.92. The number of anilines is 1. The molecular weight excluding hydrogens is 240 g/mol. The Bertz CT molecular complexity index is 472. The smallest absolute Gasteiger partial charge is 0.272 e. The minimum absolute atomic E-state index is 0.0988. The van der Waals surface area contributed by atoms with Gasteiger partial charge in [0.2, 0.25) is 0 Å². The van der Waals surface area contributed by atoms with Gasteiger partial charge in [0.15, 0.2) is 0 Å². The van der Waals surface area contributed by atoms with Gasteiger partial charge < -0.3 is 11.1 Å². The number of amides is 1. The van der Waals surface area contributed by atoms with Crippen LogP contribution in [0.15, 0.2) is 0 Å². The summed E-state index contributed by atoms with van der Waals surface area (Å²) in [7, 11) is 1.77. The second-order valence-corrected chi connectivity index (χ2v) is 5.76. The molecule has 1 aliphatic carbocycles. The molecule has 106 valence electrons. The molecule has 2 rings (SSSR count). The van der Waals surface area contributed by atoms with E-state index >= 15 is 0 Å². The molecule has 19 heavy (non-hydrogen) atoms. The van der Waals surface area contributed by atoms with Gasteiger partial charge in [-0.05, 0) is 26.2 Å². The molecule has 1 aliphatic rings. The third-order valence-corrected chi connectivity index (χ3v) is 4.08. The van der Waals surface area contributed by atoms with Crippen LogP contribution >= 0.6 is 0 Å². The summed E-state index contributed by atoms with van der Waals surface area (Å²) in [5, 5.41) is 7.45. The van der Waals surface area contributed by atoms with Crippen LogP contribution in [0.1, 0.15) is 62.1 Å². The highest BCUT2D eigenvalue weighted by Crippen LogP contribution is 2.28. The van der Waals surface area contributed by atoms with E-state index < -0.39 is 0 Å². The molecule has 0 saturated heterocycles. The van der Waals surface area contributed by atoms with Crippen LogP contribution in [0.5, 0.6) is 0 Å². The van der Waals surface area contributed by atoms with Gasteiger partial charge in [0.25, 0.3) is 5.91 Å². The molecule has 5 heteroatoms. The Kier molecular flexibility index (Phi) is 3.83. The molecule has 1 saturated carbocycles. The van der Waals surface area contributed by atoms with Crippen LogP contribution in [0.4, 0.5) is 5.69 Å². The molecule has 1 aromatic heterocycles. The summed E-state index contributed by atoms with van der Waals surface area (Å²) >= 11 is 0. The number of carbonyl (C=O) groups is 1. The molecular formula is C14H24N4O. The van der Waals surface area contributed by atoms with Crippen LogP contribution in [0, 0.1) is 0 Å². The number of nitrogen functional groups attached to an aromatic ring is 1. The summed E-state index contributed by atoms with van der Waals surface area (Å²) in [5.41, 5.74) is 7.72. The fraction of sp³-hybridized carbons (Fsp3) is 0.714. The van der Waals surface area contributed by atoms with Crippen LogP contribution in [-0.2, 0) is 13.5 Å². The summed E-state index contributed by atoms with van der Waals surface area (Å²) in [4.78, 5) is 12.4. The van der Waals surface area contributed by atoms with Gasteiger partial charge in [-0.2, -0.15) is 5.10 Å². The number of aromatic nitrogens is 2. The molecule has 3 N–H and O–H groups in total. The summed E-state index contributed by atoms with van der Waals surface area (Å²) in [5.74, 6) is -0.100. The number of nitrogens with zero attached hydrogens (tertiary/aromatic N) is 2. The van der Waals surface area contributed by atoms with Crippen molar-refractivity contribution < 1.29 is 4.79 Å². The number of carbonyl (C=O) groups excluding carboxylic acids is 1. The molecule has 1 aromatic rings. The Morgan fingerprint density at radius 2 is 2.05 bits per heavy atom. The second kappa shape index (κ2) is 5.23. The van der Waals surface area contributed by atoms with Crippen molar-refractivity contribution in [2.45, 2.75) is 57.9 Å². The first kappa shape index (κ1) is 13.9. The number of hydrogen-bond donors (Lipinski definition) is 2. The summed E-state index contributed by atoms with van der Waals surface area (Å²) < 4.78 is 1.59. The lowest BCUT2D eigenvalue weighted by atomic mass is 9.83. The lowest BCUT2D eigenvalue weighted by molar-refractivity contribution is 0.0874. The third kappa shape index (κ3) is 2.74. The zero-order chi connectivity index (χ0) is 14.0. The first-order valence-corrected chi connectivity index (χ1v) is 7.10. The number of nitrogens with one attached hydrogen (secondary N) is 1. The fourth-order valence-electron chi connectivity index (χ4n) is 2.92. The molecule has 0 spiro atoms. The lowest BCUT2D eigenvalue weighted by Crippen LogP contribution is -2.47. The number of hydrogen-bond acceptors (Lipinski definition) is 3. The summed E-state index contributed by atoms with van der Waals surface area (Å²) in [6, 6.07) is 0. The molecule has 0 aromatic carbocycles. The zero-order valence-electron chi connectivity index (χ0n) is 12.1. The minimum Gasteiger partial charge on any atom is -0.395 e. The SMILES string of the molecule is CCc1nn(C)c(C(=O)NC2(C)CCCCC2)c1N. The van der Waals surface area contributed by atoms with E-state index in [1.807, 2.05) is 6.92 Å². The lowest BCUT2D eigenvalue weighted by Gasteiger charge is -2.34. The van der Waals surface area contributed by atoms with Crippen LogP contribution in [-0.4, -0.2) is 21.2 Å². The predicted octanol–water partition coefficient (Wildman–Crippen LogP) is 2.02. The predicted molar refractivity (Wildman–Crippen MR) is 76.0 cm³/mol. The van der Waals surface area contributed by atoms with Crippen molar-refractivity contribution in [1.29, 1.82) is 0 Å². The van der Waals surface area contributed by atoms with Gasteiger partial charge in [0.1, 0.15) is 5.69 Å². The van der Waals surface area contributed by atoms with E-state index in [1.165, 1.54) is 19.3 Å². The highest BCUT2D eigenvalue weighted by Gasteiger charge is 2.30. The van der Waals surface area contributed by atoms with Gasteiger partial charge in [-0.15, -0.1) is 0 Å². The molecule has 0 unspecified atom stereocenters. The second-order valence-electron chi connectivity index (χ2n) is 5.76. The quantitative estimate of drug-likeness (QED) is 0.877. The summed E-state index contributed by atoms with van der Waals surface area (Å²) in [6.07, 6.45) is 6.44. The van der Waals surface area contributed by atoms with Gasteiger partial charge in [-0.1, -0.05) is 26.2 Å². The Hall–Kier alpha value is -1.52. The average molecular weight is 264 g/mol. The normalized spacial score (nSPS) is 18.3. The maximum absolute atomic E-state index is 12.4. The first-order chi connectivity index (χ1) is 8.97. The minimum atomic E-state index is -0.100. The standard InChI is InChI=1S/C14H24N4O/c1-4-10-11(15)12(18(3)17-10)13(19)16-14(2)8-6-5-7-9-14/h4-9,15H2,1-3H3,(H,16,19). The van der Waals surface area contributed by atoms with Crippen LogP contribution in [0.25, 0.3) is 0 Å². The first-order valence-electron chi connectivity index (χ1n) is 7.10. The van der Waals surface area contributed by atoms with Gasteiger partial charge >= 0.3 is 0 Å². The molecule has 0 aliphatic heterocycles. The van der Waals surface area contributed by atoms with Gasteiger partial charge in [0, 0.05) is 12.6 Å². The monoisotopic (exact) mass is 264 g/mol. The maximum atomic E-state index is 12.4.